The lowest BCUT2D eigenvalue weighted by atomic mass is 10.0. The van der Waals surface area contributed by atoms with Gasteiger partial charge in [-0.3, -0.25) is 14.5 Å². The van der Waals surface area contributed by atoms with Gasteiger partial charge in [0.2, 0.25) is 5.91 Å². The zero-order valence-corrected chi connectivity index (χ0v) is 29.8. The molecule has 51 heavy (non-hydrogen) atoms. The first-order chi connectivity index (χ1) is 25.0. The molecule has 0 radical (unpaired) electrons. The highest BCUT2D eigenvalue weighted by atomic mass is 32.2. The number of esters is 1. The van der Waals surface area contributed by atoms with Gasteiger partial charge in [0.15, 0.2) is 0 Å². The van der Waals surface area contributed by atoms with Crippen LogP contribution in [-0.4, -0.2) is 52.8 Å². The van der Waals surface area contributed by atoms with Crippen molar-refractivity contribution in [3.8, 4) is 5.75 Å². The summed E-state index contributed by atoms with van der Waals surface area (Å²) in [5.74, 6) is 2.21. The van der Waals surface area contributed by atoms with E-state index in [-0.39, 0.29) is 30.5 Å². The molecule has 0 bridgehead atoms. The summed E-state index contributed by atoms with van der Waals surface area (Å²) >= 11 is 1.54. The molecular weight excluding hydrogens is 676 g/mol. The number of fused-ring (bicyclic) bond motifs is 1. The second kappa shape index (κ2) is 15.3. The summed E-state index contributed by atoms with van der Waals surface area (Å²) in [5.41, 5.74) is 2.59. The smallest absolute Gasteiger partial charge is 0.355 e. The maximum Gasteiger partial charge on any atom is 0.355 e. The van der Waals surface area contributed by atoms with Gasteiger partial charge in [-0.05, 0) is 57.4 Å². The Bertz CT molecular complexity index is 2000. The standard InChI is InChI=1S/C42H37N2O5PS/c1-48-33-24-22-31(23-25-33)27-49-42(47)39-32(29-51-41-38(40(46)44(39)41)43-37(45)26-30-14-6-2-7-15-30)28-50(34-16-8-3-9-17-34,35-18-10-4-11-19-35)36-20-12-5-13-21-36/h2-25,28,38,41H,26-27,29H2,1H3,(H,43,45)/t38-,41-/m1/s1. The Morgan fingerprint density at radius 1 is 0.765 bits per heavy atom. The van der Waals surface area contributed by atoms with Crippen molar-refractivity contribution in [2.45, 2.75) is 24.4 Å². The van der Waals surface area contributed by atoms with Crippen LogP contribution >= 0.6 is 18.6 Å². The fraction of sp³-hybridized carbons (Fsp3) is 0.143. The predicted molar refractivity (Wildman–Crippen MR) is 206 cm³/mol. The molecule has 2 atom stereocenters. The molecule has 2 heterocycles. The van der Waals surface area contributed by atoms with Crippen LogP contribution in [-0.2, 0) is 32.1 Å². The average molecular weight is 713 g/mol. The monoisotopic (exact) mass is 712 g/mol. The lowest BCUT2D eigenvalue weighted by Crippen LogP contribution is -2.70. The number of carbonyl (C=O) groups is 3. The first-order valence-electron chi connectivity index (χ1n) is 16.7. The lowest BCUT2D eigenvalue weighted by Gasteiger charge is -2.49. The van der Waals surface area contributed by atoms with Crippen LogP contribution in [0, 0.1) is 0 Å². The number of methoxy groups -OCH3 is 1. The summed E-state index contributed by atoms with van der Waals surface area (Å²) in [6.07, 6.45) is 0.159. The minimum Gasteiger partial charge on any atom is -0.497 e. The Labute approximate surface area is 302 Å². The number of β-lactam (4-membered cyclic amide) rings is 1. The number of nitrogens with zero attached hydrogens (tertiary/aromatic N) is 1. The summed E-state index contributed by atoms with van der Waals surface area (Å²) < 4.78 is 11.2. The maximum absolute atomic E-state index is 14.3. The molecule has 1 N–H and O–H groups in total. The fourth-order valence-corrected chi connectivity index (χ4v) is 11.9. The molecule has 0 saturated carbocycles. The topological polar surface area (TPSA) is 84.9 Å². The summed E-state index contributed by atoms with van der Waals surface area (Å²) in [6.45, 7) is -2.51. The van der Waals surface area contributed by atoms with Gasteiger partial charge in [0.05, 0.1) is 13.5 Å². The van der Waals surface area contributed by atoms with Crippen molar-refractivity contribution in [3.05, 3.63) is 168 Å². The van der Waals surface area contributed by atoms with Crippen molar-refractivity contribution >= 4 is 58.1 Å². The van der Waals surface area contributed by atoms with Gasteiger partial charge in [0, 0.05) is 5.75 Å². The molecule has 5 aromatic rings. The Morgan fingerprint density at radius 3 is 1.82 bits per heavy atom. The zero-order valence-electron chi connectivity index (χ0n) is 28.1. The number of nitrogens with one attached hydrogen (secondary N) is 1. The first kappa shape index (κ1) is 34.2. The maximum atomic E-state index is 14.3. The highest BCUT2D eigenvalue weighted by Crippen LogP contribution is 2.47. The third-order valence-electron chi connectivity index (χ3n) is 9.08. The van der Waals surface area contributed by atoms with Crippen LogP contribution < -0.4 is 26.0 Å². The first-order valence-corrected chi connectivity index (χ1v) is 19.6. The van der Waals surface area contributed by atoms with Gasteiger partial charge in [-0.25, -0.2) is 4.79 Å². The van der Waals surface area contributed by atoms with Gasteiger partial charge in [-0.2, -0.15) is 0 Å². The molecule has 7 rings (SSSR count). The predicted octanol–water partition coefficient (Wildman–Crippen LogP) is 5.43. The molecular formula is C42H37N2O5PS. The van der Waals surface area contributed by atoms with E-state index in [1.807, 2.05) is 109 Å². The van der Waals surface area contributed by atoms with Gasteiger partial charge < -0.3 is 14.8 Å². The Balaban J connectivity index is 1.33. The van der Waals surface area contributed by atoms with Crippen molar-refractivity contribution in [2.24, 2.45) is 0 Å². The third-order valence-corrected chi connectivity index (χ3v) is 14.4. The summed E-state index contributed by atoms with van der Waals surface area (Å²) in [6, 6.07) is 47.0. The van der Waals surface area contributed by atoms with Crippen molar-refractivity contribution < 1.29 is 23.9 Å². The number of hydrogen-bond donors (Lipinski definition) is 1. The van der Waals surface area contributed by atoms with E-state index in [2.05, 4.69) is 47.5 Å². The van der Waals surface area contributed by atoms with E-state index in [9.17, 15) is 14.4 Å². The number of hydrogen-bond acceptors (Lipinski definition) is 6. The quantitative estimate of drug-likeness (QED) is 0.112. The summed E-state index contributed by atoms with van der Waals surface area (Å²) in [4.78, 5) is 42.9. The second-order valence-electron chi connectivity index (χ2n) is 12.3. The van der Waals surface area contributed by atoms with Crippen LogP contribution in [0.2, 0.25) is 0 Å². The molecule has 2 amide bonds. The van der Waals surface area contributed by atoms with Crippen molar-refractivity contribution in [1.29, 1.82) is 0 Å². The van der Waals surface area contributed by atoms with Gasteiger partial charge in [0.1, 0.15) is 29.5 Å². The molecule has 256 valence electrons. The van der Waals surface area contributed by atoms with Crippen molar-refractivity contribution in [2.75, 3.05) is 12.9 Å². The molecule has 7 nitrogen and oxygen atoms in total. The lowest BCUT2D eigenvalue weighted by molar-refractivity contribution is -0.153. The van der Waals surface area contributed by atoms with Crippen molar-refractivity contribution in [1.82, 2.24) is 10.2 Å². The highest BCUT2D eigenvalue weighted by Gasteiger charge is 2.54. The third kappa shape index (κ3) is 7.03. The number of ether oxygens (including phenoxy) is 2. The van der Waals surface area contributed by atoms with E-state index < -0.39 is 24.3 Å². The van der Waals surface area contributed by atoms with Gasteiger partial charge >= 0.3 is 5.97 Å². The number of benzene rings is 5. The van der Waals surface area contributed by atoms with Crippen LogP contribution in [0.1, 0.15) is 11.1 Å². The van der Waals surface area contributed by atoms with Crippen LogP contribution in [0.4, 0.5) is 0 Å². The normalized spacial score (nSPS) is 16.8. The number of thioether (sulfide) groups is 1. The average Bonchev–Trinajstić information content (AvgIpc) is 3.19. The molecule has 5 aromatic carbocycles. The van der Waals surface area contributed by atoms with E-state index in [0.717, 1.165) is 32.6 Å². The summed E-state index contributed by atoms with van der Waals surface area (Å²) in [5, 5.41) is 5.85. The number of carbonyl (C=O) groups excluding carboxylic acids is 3. The van der Waals surface area contributed by atoms with E-state index >= 15 is 0 Å². The molecule has 9 heteroatoms. The molecule has 2 aliphatic heterocycles. The van der Waals surface area contributed by atoms with Gasteiger partial charge in [-0.1, -0.05) is 133 Å². The largest absolute Gasteiger partial charge is 0.497 e. The SMILES string of the molecule is COc1ccc(COC(=O)C2=C(C=P(c3ccccc3)(c3ccccc3)c3ccccc3)CS[C@@H]3[C@H](NC(=O)Cc4ccccc4)C(=O)N23)cc1. The molecule has 1 fully saturated rings. The van der Waals surface area contributed by atoms with E-state index in [0.29, 0.717) is 11.5 Å². The van der Waals surface area contributed by atoms with Crippen LogP contribution in [0.25, 0.3) is 0 Å². The molecule has 2 aliphatic rings. The zero-order chi connectivity index (χ0) is 35.2. The van der Waals surface area contributed by atoms with Crippen LogP contribution in [0.15, 0.2) is 157 Å². The van der Waals surface area contributed by atoms with Gasteiger partial charge in [0.25, 0.3) is 5.91 Å². The minimum absolute atomic E-state index is 0.0209. The van der Waals surface area contributed by atoms with Crippen LogP contribution in [0.5, 0.6) is 5.75 Å². The number of rotatable bonds is 11. The highest BCUT2D eigenvalue weighted by molar-refractivity contribution is 8.00. The van der Waals surface area contributed by atoms with Crippen molar-refractivity contribution in [3.63, 3.8) is 0 Å². The second-order valence-corrected chi connectivity index (χ2v) is 16.6. The van der Waals surface area contributed by atoms with E-state index in [1.54, 1.807) is 18.9 Å². The fourth-order valence-electron chi connectivity index (χ4n) is 6.57. The minimum atomic E-state index is -2.53. The van der Waals surface area contributed by atoms with Crippen LogP contribution in [0.3, 0.4) is 0 Å². The Hall–Kier alpha value is -5.30. The molecule has 0 unspecified atom stereocenters. The van der Waals surface area contributed by atoms with E-state index in [1.165, 1.54) is 4.90 Å². The Morgan fingerprint density at radius 2 is 1.29 bits per heavy atom. The van der Waals surface area contributed by atoms with E-state index in [4.69, 9.17) is 9.47 Å². The Kier molecular flexibility index (Phi) is 10.2. The van der Waals surface area contributed by atoms with Gasteiger partial charge in [-0.15, -0.1) is 11.8 Å². The molecule has 0 aliphatic carbocycles. The molecule has 1 saturated heterocycles. The summed E-state index contributed by atoms with van der Waals surface area (Å²) in [7, 11) is 1.60. The number of amides is 2. The molecule has 0 aromatic heterocycles. The molecule has 0 spiro atoms.